The average molecular weight is 300 g/mol. The van der Waals surface area contributed by atoms with Crippen LogP contribution in [0.25, 0.3) is 0 Å². The summed E-state index contributed by atoms with van der Waals surface area (Å²) < 4.78 is 13.6. The molecule has 7 heteroatoms. The molecule has 0 unspecified atom stereocenters. The first-order valence-corrected chi connectivity index (χ1v) is 6.72. The highest BCUT2D eigenvalue weighted by molar-refractivity contribution is 6.31. The summed E-state index contributed by atoms with van der Waals surface area (Å²) in [6, 6.07) is 3.66. The zero-order chi connectivity index (χ0) is 14.5. The number of anilines is 1. The number of hydrogen-bond acceptors (Lipinski definition) is 2. The van der Waals surface area contributed by atoms with Crippen molar-refractivity contribution in [3.05, 3.63) is 29.0 Å². The molecule has 20 heavy (non-hydrogen) atoms. The molecule has 1 fully saturated rings. The number of halogens is 2. The van der Waals surface area contributed by atoms with Crippen molar-refractivity contribution in [1.82, 2.24) is 10.2 Å². The lowest BCUT2D eigenvalue weighted by Gasteiger charge is -2.15. The Hall–Kier alpha value is -1.82. The second kappa shape index (κ2) is 6.56. The van der Waals surface area contributed by atoms with E-state index < -0.39 is 11.8 Å². The highest BCUT2D eigenvalue weighted by Crippen LogP contribution is 2.21. The summed E-state index contributed by atoms with van der Waals surface area (Å²) in [7, 11) is 0. The summed E-state index contributed by atoms with van der Waals surface area (Å²) in [4.78, 5) is 25.0. The Balaban J connectivity index is 1.83. The van der Waals surface area contributed by atoms with Crippen LogP contribution in [0.1, 0.15) is 12.8 Å². The van der Waals surface area contributed by atoms with Crippen LogP contribution in [0.4, 0.5) is 14.9 Å². The normalized spacial score (nSPS) is 14.2. The number of benzene rings is 1. The fourth-order valence-electron chi connectivity index (χ4n) is 2.00. The SMILES string of the molecule is O=C(NCC(=O)N1CCCC1)Nc1cccc(Cl)c1F. The molecule has 0 aliphatic carbocycles. The van der Waals surface area contributed by atoms with Gasteiger partial charge in [-0.1, -0.05) is 17.7 Å². The molecule has 2 rings (SSSR count). The summed E-state index contributed by atoms with van der Waals surface area (Å²) in [5.41, 5.74) is -0.0244. The van der Waals surface area contributed by atoms with Crippen LogP contribution in [-0.2, 0) is 4.79 Å². The van der Waals surface area contributed by atoms with E-state index in [1.165, 1.54) is 18.2 Å². The third-order valence-corrected chi connectivity index (χ3v) is 3.35. The maximum Gasteiger partial charge on any atom is 0.319 e. The first kappa shape index (κ1) is 14.6. The molecular formula is C13H15ClFN3O2. The first-order chi connectivity index (χ1) is 9.58. The lowest BCUT2D eigenvalue weighted by atomic mass is 10.3. The first-order valence-electron chi connectivity index (χ1n) is 6.34. The number of carbonyl (C=O) groups excluding carboxylic acids is 2. The van der Waals surface area contributed by atoms with Gasteiger partial charge in [-0.25, -0.2) is 9.18 Å². The Morgan fingerprint density at radius 3 is 2.70 bits per heavy atom. The Bertz CT molecular complexity index is 518. The standard InChI is InChI=1S/C13H15ClFN3O2/c14-9-4-3-5-10(12(9)15)17-13(20)16-8-11(19)18-6-1-2-7-18/h3-5H,1-2,6-8H2,(H2,16,17,20). The molecule has 5 nitrogen and oxygen atoms in total. The Labute approximate surface area is 121 Å². The van der Waals surface area contributed by atoms with Crippen molar-refractivity contribution in [2.45, 2.75) is 12.8 Å². The van der Waals surface area contributed by atoms with Crippen LogP contribution in [0.15, 0.2) is 18.2 Å². The zero-order valence-electron chi connectivity index (χ0n) is 10.8. The highest BCUT2D eigenvalue weighted by atomic mass is 35.5. The van der Waals surface area contributed by atoms with Gasteiger partial charge in [0.25, 0.3) is 0 Å². The van der Waals surface area contributed by atoms with Gasteiger partial charge in [-0.2, -0.15) is 0 Å². The number of carbonyl (C=O) groups is 2. The number of nitrogens with one attached hydrogen (secondary N) is 2. The average Bonchev–Trinajstić information content (AvgIpc) is 2.95. The van der Waals surface area contributed by atoms with E-state index in [0.717, 1.165) is 25.9 Å². The molecule has 108 valence electrons. The summed E-state index contributed by atoms with van der Waals surface area (Å²) in [6.45, 7) is 1.35. The minimum Gasteiger partial charge on any atom is -0.341 e. The van der Waals surface area contributed by atoms with E-state index in [-0.39, 0.29) is 23.2 Å². The zero-order valence-corrected chi connectivity index (χ0v) is 11.5. The molecule has 2 N–H and O–H groups in total. The minimum absolute atomic E-state index is 0.0244. The molecule has 3 amide bonds. The lowest BCUT2D eigenvalue weighted by Crippen LogP contribution is -2.40. The summed E-state index contributed by atoms with van der Waals surface area (Å²) in [6.07, 6.45) is 1.98. The van der Waals surface area contributed by atoms with Crippen molar-refractivity contribution in [2.24, 2.45) is 0 Å². The monoisotopic (exact) mass is 299 g/mol. The smallest absolute Gasteiger partial charge is 0.319 e. The maximum atomic E-state index is 13.6. The quantitative estimate of drug-likeness (QED) is 0.899. The van der Waals surface area contributed by atoms with Gasteiger partial charge in [0.2, 0.25) is 5.91 Å². The molecule has 1 aromatic carbocycles. The van der Waals surface area contributed by atoms with Gasteiger partial charge in [-0.05, 0) is 25.0 Å². The molecule has 1 aliphatic heterocycles. The number of likely N-dealkylation sites (tertiary alicyclic amines) is 1. The third-order valence-electron chi connectivity index (χ3n) is 3.06. The van der Waals surface area contributed by atoms with Gasteiger partial charge in [0.15, 0.2) is 5.82 Å². The van der Waals surface area contributed by atoms with E-state index in [4.69, 9.17) is 11.6 Å². The molecule has 1 aromatic rings. The summed E-state index contributed by atoms with van der Waals surface area (Å²) in [5, 5.41) is 4.65. The Morgan fingerprint density at radius 2 is 2.00 bits per heavy atom. The van der Waals surface area contributed by atoms with E-state index >= 15 is 0 Å². The molecule has 0 spiro atoms. The van der Waals surface area contributed by atoms with Gasteiger partial charge < -0.3 is 15.5 Å². The fraction of sp³-hybridized carbons (Fsp3) is 0.385. The van der Waals surface area contributed by atoms with Gasteiger partial charge in [0.05, 0.1) is 17.3 Å². The van der Waals surface area contributed by atoms with Crippen LogP contribution in [0.2, 0.25) is 5.02 Å². The van der Waals surface area contributed by atoms with Gasteiger partial charge in [0.1, 0.15) is 0 Å². The molecule has 0 atom stereocenters. The number of rotatable bonds is 3. The molecule has 0 saturated carbocycles. The predicted octanol–water partition coefficient (Wildman–Crippen LogP) is 2.22. The molecule has 0 aromatic heterocycles. The molecule has 1 heterocycles. The van der Waals surface area contributed by atoms with Gasteiger partial charge in [-0.15, -0.1) is 0 Å². The van der Waals surface area contributed by atoms with Crippen molar-refractivity contribution in [3.8, 4) is 0 Å². The van der Waals surface area contributed by atoms with Crippen molar-refractivity contribution in [3.63, 3.8) is 0 Å². The van der Waals surface area contributed by atoms with Crippen molar-refractivity contribution >= 4 is 29.2 Å². The molecule has 0 radical (unpaired) electrons. The summed E-state index contributed by atoms with van der Waals surface area (Å²) in [5.74, 6) is -0.834. The summed E-state index contributed by atoms with van der Waals surface area (Å²) >= 11 is 5.60. The lowest BCUT2D eigenvalue weighted by molar-refractivity contribution is -0.128. The highest BCUT2D eigenvalue weighted by Gasteiger charge is 2.18. The van der Waals surface area contributed by atoms with Crippen LogP contribution in [-0.4, -0.2) is 36.5 Å². The van der Waals surface area contributed by atoms with Gasteiger partial charge in [0, 0.05) is 13.1 Å². The van der Waals surface area contributed by atoms with Crippen molar-refractivity contribution in [1.29, 1.82) is 0 Å². The van der Waals surface area contributed by atoms with E-state index in [1.807, 2.05) is 0 Å². The van der Waals surface area contributed by atoms with E-state index in [2.05, 4.69) is 10.6 Å². The Kier molecular flexibility index (Phi) is 4.79. The molecule has 1 saturated heterocycles. The van der Waals surface area contributed by atoms with Crippen LogP contribution in [0.3, 0.4) is 0 Å². The predicted molar refractivity (Wildman–Crippen MR) is 74.2 cm³/mol. The third kappa shape index (κ3) is 3.60. The van der Waals surface area contributed by atoms with Crippen LogP contribution < -0.4 is 10.6 Å². The van der Waals surface area contributed by atoms with Crippen molar-refractivity contribution in [2.75, 3.05) is 25.0 Å². The maximum absolute atomic E-state index is 13.6. The van der Waals surface area contributed by atoms with Crippen LogP contribution in [0, 0.1) is 5.82 Å². The number of amides is 3. The van der Waals surface area contributed by atoms with Crippen LogP contribution >= 0.6 is 11.6 Å². The van der Waals surface area contributed by atoms with E-state index in [1.54, 1.807) is 4.90 Å². The Morgan fingerprint density at radius 1 is 1.30 bits per heavy atom. The van der Waals surface area contributed by atoms with E-state index in [0.29, 0.717) is 0 Å². The molecular weight excluding hydrogens is 285 g/mol. The fourth-order valence-corrected chi connectivity index (χ4v) is 2.18. The van der Waals surface area contributed by atoms with Gasteiger partial charge in [-0.3, -0.25) is 4.79 Å². The minimum atomic E-state index is -0.699. The molecule has 0 bridgehead atoms. The van der Waals surface area contributed by atoms with Gasteiger partial charge >= 0.3 is 6.03 Å². The number of nitrogens with zero attached hydrogens (tertiary/aromatic N) is 1. The van der Waals surface area contributed by atoms with Crippen molar-refractivity contribution < 1.29 is 14.0 Å². The van der Waals surface area contributed by atoms with E-state index in [9.17, 15) is 14.0 Å². The largest absolute Gasteiger partial charge is 0.341 e. The topological polar surface area (TPSA) is 61.4 Å². The van der Waals surface area contributed by atoms with Crippen LogP contribution in [0.5, 0.6) is 0 Å². The molecule has 1 aliphatic rings. The second-order valence-corrected chi connectivity index (χ2v) is 4.90. The second-order valence-electron chi connectivity index (χ2n) is 4.50. The number of hydrogen-bond donors (Lipinski definition) is 2. The number of urea groups is 1.